The van der Waals surface area contributed by atoms with Gasteiger partial charge in [0.05, 0.1) is 29.4 Å². The van der Waals surface area contributed by atoms with E-state index in [1.54, 1.807) is 34.9 Å². The normalized spacial score (nSPS) is 12.3. The molecule has 30 heavy (non-hydrogen) atoms. The van der Waals surface area contributed by atoms with Crippen molar-refractivity contribution in [1.29, 1.82) is 0 Å². The number of aliphatic hydroxyl groups excluding tert-OH is 1. The van der Waals surface area contributed by atoms with Crippen molar-refractivity contribution in [3.63, 3.8) is 0 Å². The van der Waals surface area contributed by atoms with Gasteiger partial charge in [0, 0.05) is 11.8 Å². The Morgan fingerprint density at radius 3 is 2.63 bits per heavy atom. The van der Waals surface area contributed by atoms with Crippen molar-refractivity contribution in [3.05, 3.63) is 74.8 Å². The lowest BCUT2D eigenvalue weighted by atomic mass is 10.0. The Hall–Kier alpha value is -2.90. The molecule has 0 aliphatic rings. The van der Waals surface area contributed by atoms with E-state index in [1.165, 1.54) is 12.3 Å². The van der Waals surface area contributed by atoms with Crippen molar-refractivity contribution >= 4 is 28.7 Å². The Morgan fingerprint density at radius 1 is 1.27 bits per heavy atom. The standard InChI is InChI=1S/C22H21ClFNO5/c1-12(2)18(11-26)25-10-19(30-22(28)29)21(27)15-9-13(6-7-17(15)25)8-14-4-3-5-16(23)20(14)24/h3-7,9-10,12,18,26H,8,11H2,1-2H3,(H,28,29)/t18-/m1/s1. The number of aliphatic hydroxyl groups is 1. The van der Waals surface area contributed by atoms with Gasteiger partial charge >= 0.3 is 6.16 Å². The fourth-order valence-corrected chi connectivity index (χ4v) is 3.65. The highest BCUT2D eigenvalue weighted by Crippen LogP contribution is 2.27. The Labute approximate surface area is 177 Å². The van der Waals surface area contributed by atoms with Crippen LogP contribution >= 0.6 is 11.6 Å². The number of benzene rings is 2. The van der Waals surface area contributed by atoms with Crippen LogP contribution in [0.1, 0.15) is 31.0 Å². The number of ether oxygens (including phenoxy) is 1. The highest BCUT2D eigenvalue weighted by molar-refractivity contribution is 6.30. The van der Waals surface area contributed by atoms with Gasteiger partial charge in [0.15, 0.2) is 5.75 Å². The summed E-state index contributed by atoms with van der Waals surface area (Å²) in [6, 6.07) is 9.33. The lowest BCUT2D eigenvalue weighted by Crippen LogP contribution is -2.23. The summed E-state index contributed by atoms with van der Waals surface area (Å²) in [6.45, 7) is 3.59. The summed E-state index contributed by atoms with van der Waals surface area (Å²) in [7, 11) is 0. The average molecular weight is 434 g/mol. The first-order chi connectivity index (χ1) is 14.2. The topological polar surface area (TPSA) is 88.8 Å². The molecule has 0 saturated carbocycles. The van der Waals surface area contributed by atoms with Gasteiger partial charge in [-0.1, -0.05) is 43.6 Å². The molecule has 0 amide bonds. The molecule has 2 aromatic carbocycles. The zero-order chi connectivity index (χ0) is 22.0. The minimum Gasteiger partial charge on any atom is -0.449 e. The maximum absolute atomic E-state index is 14.3. The quantitative estimate of drug-likeness (QED) is 0.553. The Bertz CT molecular complexity index is 1160. The maximum atomic E-state index is 14.3. The minimum absolute atomic E-state index is 0.00128. The van der Waals surface area contributed by atoms with E-state index in [2.05, 4.69) is 4.74 Å². The van der Waals surface area contributed by atoms with Gasteiger partial charge in [-0.2, -0.15) is 0 Å². The summed E-state index contributed by atoms with van der Waals surface area (Å²) in [5, 5.41) is 19.1. The number of carboxylic acid groups (broad SMARTS) is 1. The zero-order valence-corrected chi connectivity index (χ0v) is 17.2. The average Bonchev–Trinajstić information content (AvgIpc) is 2.68. The maximum Gasteiger partial charge on any atom is 0.511 e. The summed E-state index contributed by atoms with van der Waals surface area (Å²) in [4.78, 5) is 23.9. The second-order valence-corrected chi connectivity index (χ2v) is 7.74. The van der Waals surface area contributed by atoms with E-state index in [0.29, 0.717) is 16.6 Å². The molecule has 6 nitrogen and oxygen atoms in total. The molecule has 0 saturated heterocycles. The third-order valence-corrected chi connectivity index (χ3v) is 5.29. The number of hydrogen-bond donors (Lipinski definition) is 2. The van der Waals surface area contributed by atoms with Crippen molar-refractivity contribution < 1.29 is 24.1 Å². The zero-order valence-electron chi connectivity index (χ0n) is 16.4. The molecule has 3 aromatic rings. The number of nitrogens with zero attached hydrogens (tertiary/aromatic N) is 1. The third-order valence-electron chi connectivity index (χ3n) is 5.00. The molecule has 0 fully saturated rings. The Morgan fingerprint density at radius 2 is 2.00 bits per heavy atom. The van der Waals surface area contributed by atoms with Gasteiger partial charge in [0.1, 0.15) is 5.82 Å². The van der Waals surface area contributed by atoms with Crippen LogP contribution in [-0.4, -0.2) is 27.5 Å². The number of pyridine rings is 1. The largest absolute Gasteiger partial charge is 0.511 e. The number of hydrogen-bond acceptors (Lipinski definition) is 4. The van der Waals surface area contributed by atoms with Crippen LogP contribution in [0.2, 0.25) is 5.02 Å². The summed E-state index contributed by atoms with van der Waals surface area (Å²) in [5.74, 6) is -0.890. The molecule has 0 bridgehead atoms. The van der Waals surface area contributed by atoms with Crippen LogP contribution in [0.25, 0.3) is 10.9 Å². The van der Waals surface area contributed by atoms with E-state index in [1.807, 2.05) is 13.8 Å². The lowest BCUT2D eigenvalue weighted by Gasteiger charge is -2.25. The minimum atomic E-state index is -1.61. The third kappa shape index (κ3) is 4.32. The van der Waals surface area contributed by atoms with Crippen LogP contribution in [0.3, 0.4) is 0 Å². The van der Waals surface area contributed by atoms with Gasteiger partial charge in [-0.15, -0.1) is 0 Å². The molecular formula is C22H21ClFNO5. The molecule has 1 aromatic heterocycles. The van der Waals surface area contributed by atoms with Crippen molar-refractivity contribution in [2.45, 2.75) is 26.3 Å². The summed E-state index contributed by atoms with van der Waals surface area (Å²) in [5.41, 5.74) is 0.929. The Balaban J connectivity index is 2.19. The molecule has 0 radical (unpaired) electrons. The highest BCUT2D eigenvalue weighted by Gasteiger charge is 2.21. The van der Waals surface area contributed by atoms with Crippen LogP contribution in [0, 0.1) is 11.7 Å². The van der Waals surface area contributed by atoms with Crippen molar-refractivity contribution in [2.24, 2.45) is 5.92 Å². The summed E-state index contributed by atoms with van der Waals surface area (Å²) >= 11 is 5.85. The smallest absolute Gasteiger partial charge is 0.449 e. The summed E-state index contributed by atoms with van der Waals surface area (Å²) < 4.78 is 20.6. The van der Waals surface area contributed by atoms with Gasteiger partial charge in [-0.3, -0.25) is 4.79 Å². The molecule has 0 aliphatic heterocycles. The van der Waals surface area contributed by atoms with Crippen molar-refractivity contribution in [2.75, 3.05) is 6.61 Å². The van der Waals surface area contributed by atoms with Gasteiger partial charge < -0.3 is 19.5 Å². The predicted octanol–water partition coefficient (Wildman–Crippen LogP) is 4.63. The number of fused-ring (bicyclic) bond motifs is 1. The van der Waals surface area contributed by atoms with Gasteiger partial charge in [-0.25, -0.2) is 9.18 Å². The Kier molecular flexibility index (Phi) is 6.43. The van der Waals surface area contributed by atoms with E-state index in [0.717, 1.165) is 0 Å². The van der Waals surface area contributed by atoms with Crippen molar-refractivity contribution in [1.82, 2.24) is 4.57 Å². The second kappa shape index (κ2) is 8.85. The summed E-state index contributed by atoms with van der Waals surface area (Å²) in [6.07, 6.45) is -0.115. The van der Waals surface area contributed by atoms with E-state index in [-0.39, 0.29) is 35.1 Å². The highest BCUT2D eigenvalue weighted by atomic mass is 35.5. The van der Waals surface area contributed by atoms with Crippen LogP contribution in [0.5, 0.6) is 5.75 Å². The van der Waals surface area contributed by atoms with E-state index >= 15 is 0 Å². The molecule has 8 heteroatoms. The molecule has 1 atom stereocenters. The van der Waals surface area contributed by atoms with E-state index in [9.17, 15) is 19.1 Å². The number of aromatic nitrogens is 1. The molecule has 0 unspecified atom stereocenters. The lowest BCUT2D eigenvalue weighted by molar-refractivity contribution is 0.143. The number of halogens is 2. The molecule has 3 rings (SSSR count). The van der Waals surface area contributed by atoms with Crippen LogP contribution in [-0.2, 0) is 6.42 Å². The second-order valence-electron chi connectivity index (χ2n) is 7.33. The fraction of sp³-hybridized carbons (Fsp3) is 0.273. The SMILES string of the molecule is CC(C)[C@@H](CO)n1cc(OC(=O)O)c(=O)c2cc(Cc3cccc(Cl)c3F)ccc21. The fourth-order valence-electron chi connectivity index (χ4n) is 3.45. The molecule has 2 N–H and O–H groups in total. The van der Waals surface area contributed by atoms with E-state index in [4.69, 9.17) is 16.7 Å². The van der Waals surface area contributed by atoms with Crippen LogP contribution in [0.15, 0.2) is 47.4 Å². The molecular weight excluding hydrogens is 413 g/mol. The van der Waals surface area contributed by atoms with Crippen molar-refractivity contribution in [3.8, 4) is 5.75 Å². The molecule has 0 spiro atoms. The number of carbonyl (C=O) groups is 1. The number of rotatable bonds is 6. The molecule has 0 aliphatic carbocycles. The van der Waals surface area contributed by atoms with Gasteiger partial charge in [-0.05, 0) is 35.2 Å². The van der Waals surface area contributed by atoms with Gasteiger partial charge in [0.2, 0.25) is 5.43 Å². The van der Waals surface area contributed by atoms with Crippen LogP contribution in [0.4, 0.5) is 9.18 Å². The van der Waals surface area contributed by atoms with E-state index < -0.39 is 23.4 Å². The monoisotopic (exact) mass is 433 g/mol. The van der Waals surface area contributed by atoms with Crippen LogP contribution < -0.4 is 10.2 Å². The van der Waals surface area contributed by atoms with Gasteiger partial charge in [0.25, 0.3) is 0 Å². The molecule has 158 valence electrons. The first kappa shape index (κ1) is 21.8. The first-order valence-electron chi connectivity index (χ1n) is 9.35. The first-order valence-corrected chi connectivity index (χ1v) is 9.73. The molecule has 1 heterocycles. The predicted molar refractivity (Wildman–Crippen MR) is 112 cm³/mol.